The Labute approximate surface area is 67.2 Å². The fraction of sp³-hybridized carbons (Fsp3) is 0.200. The molecule has 0 saturated heterocycles. The van der Waals surface area contributed by atoms with Crippen molar-refractivity contribution < 1.29 is 0 Å². The molecule has 0 fully saturated rings. The average Bonchev–Trinajstić information content (AvgIpc) is 1.96. The molecule has 1 aromatic rings. The molecule has 1 aromatic heterocycles. The molecule has 11 heavy (non-hydrogen) atoms. The Kier molecular flexibility index (Phi) is 2.04. The van der Waals surface area contributed by atoms with Crippen LogP contribution in [0.5, 0.6) is 0 Å². The van der Waals surface area contributed by atoms with Crippen LogP contribution in [0.4, 0.5) is 11.5 Å². The topological polar surface area (TPSA) is 97.8 Å². The van der Waals surface area contributed by atoms with Gasteiger partial charge in [-0.25, -0.2) is 4.79 Å². The van der Waals surface area contributed by atoms with Crippen molar-refractivity contribution in [1.29, 1.82) is 0 Å². The van der Waals surface area contributed by atoms with E-state index in [1.54, 1.807) is 6.26 Å². The summed E-state index contributed by atoms with van der Waals surface area (Å²) in [5, 5.41) is 0.464. The highest BCUT2D eigenvalue weighted by Crippen LogP contribution is 2.21. The van der Waals surface area contributed by atoms with Gasteiger partial charge in [0, 0.05) is 0 Å². The van der Waals surface area contributed by atoms with Crippen LogP contribution in [0, 0.1) is 0 Å². The van der Waals surface area contributed by atoms with Gasteiger partial charge in [0.25, 0.3) is 0 Å². The third kappa shape index (κ3) is 1.45. The SMILES string of the molecule is CSc1nc(=O)[nH]c(N)c1N. The van der Waals surface area contributed by atoms with Crippen LogP contribution in [0.2, 0.25) is 0 Å². The molecule has 5 N–H and O–H groups in total. The van der Waals surface area contributed by atoms with Gasteiger partial charge in [0.1, 0.15) is 16.5 Å². The quantitative estimate of drug-likeness (QED) is 0.397. The minimum Gasteiger partial charge on any atom is -0.394 e. The molecule has 0 aliphatic carbocycles. The zero-order chi connectivity index (χ0) is 8.43. The molecule has 0 radical (unpaired) electrons. The number of nitrogens with zero attached hydrogens (tertiary/aromatic N) is 1. The minimum absolute atomic E-state index is 0.175. The third-order valence-corrected chi connectivity index (χ3v) is 1.86. The standard InChI is InChI=1S/C5H8N4OS/c1-11-4-2(6)3(7)8-5(10)9-4/h6H2,1H3,(H3,7,8,9,10). The van der Waals surface area contributed by atoms with Crippen LogP contribution in [0.15, 0.2) is 9.82 Å². The van der Waals surface area contributed by atoms with Gasteiger partial charge in [-0.2, -0.15) is 4.98 Å². The average molecular weight is 172 g/mol. The summed E-state index contributed by atoms with van der Waals surface area (Å²) in [6.07, 6.45) is 1.78. The van der Waals surface area contributed by atoms with Crippen LogP contribution < -0.4 is 17.2 Å². The molecule has 0 aromatic carbocycles. The lowest BCUT2D eigenvalue weighted by atomic mass is 10.5. The summed E-state index contributed by atoms with van der Waals surface area (Å²) in [6, 6.07) is 0. The largest absolute Gasteiger partial charge is 0.394 e. The first-order valence-electron chi connectivity index (χ1n) is 2.84. The first-order valence-corrected chi connectivity index (χ1v) is 4.07. The maximum absolute atomic E-state index is 10.7. The second-order valence-electron chi connectivity index (χ2n) is 1.88. The van der Waals surface area contributed by atoms with Gasteiger partial charge in [-0.05, 0) is 6.26 Å². The van der Waals surface area contributed by atoms with Crippen LogP contribution in [0.3, 0.4) is 0 Å². The molecular weight excluding hydrogens is 164 g/mol. The smallest absolute Gasteiger partial charge is 0.347 e. The monoisotopic (exact) mass is 172 g/mol. The van der Waals surface area contributed by atoms with Gasteiger partial charge in [0.05, 0.1) is 0 Å². The van der Waals surface area contributed by atoms with Gasteiger partial charge in [-0.1, -0.05) is 0 Å². The Bertz CT molecular complexity index is 321. The lowest BCUT2D eigenvalue weighted by Crippen LogP contribution is -2.15. The second-order valence-corrected chi connectivity index (χ2v) is 2.67. The number of aromatic amines is 1. The van der Waals surface area contributed by atoms with Gasteiger partial charge >= 0.3 is 5.69 Å². The number of nitrogens with one attached hydrogen (secondary N) is 1. The molecule has 5 nitrogen and oxygen atoms in total. The normalized spacial score (nSPS) is 9.91. The minimum atomic E-state index is -0.471. The number of hydrogen-bond acceptors (Lipinski definition) is 5. The molecule has 60 valence electrons. The highest BCUT2D eigenvalue weighted by atomic mass is 32.2. The highest BCUT2D eigenvalue weighted by molar-refractivity contribution is 7.98. The Morgan fingerprint density at radius 1 is 1.55 bits per heavy atom. The van der Waals surface area contributed by atoms with Crippen molar-refractivity contribution in [3.63, 3.8) is 0 Å². The van der Waals surface area contributed by atoms with Gasteiger partial charge in [-0.15, -0.1) is 11.8 Å². The molecule has 0 amide bonds. The van der Waals surface area contributed by atoms with Crippen molar-refractivity contribution in [2.24, 2.45) is 0 Å². The predicted molar refractivity (Wildman–Crippen MR) is 45.5 cm³/mol. The third-order valence-electron chi connectivity index (χ3n) is 1.16. The molecule has 0 atom stereocenters. The number of thioether (sulfide) groups is 1. The molecular formula is C5H8N4OS. The van der Waals surface area contributed by atoms with Crippen molar-refractivity contribution >= 4 is 23.3 Å². The lowest BCUT2D eigenvalue weighted by molar-refractivity contribution is 0.997. The van der Waals surface area contributed by atoms with Crippen LogP contribution in [-0.4, -0.2) is 16.2 Å². The fourth-order valence-electron chi connectivity index (χ4n) is 0.634. The number of nitrogen functional groups attached to an aromatic ring is 2. The highest BCUT2D eigenvalue weighted by Gasteiger charge is 2.03. The summed E-state index contributed by atoms with van der Waals surface area (Å²) in [5.41, 5.74) is 10.7. The van der Waals surface area contributed by atoms with Crippen LogP contribution in [-0.2, 0) is 0 Å². The lowest BCUT2D eigenvalue weighted by Gasteiger charge is -2.01. The van der Waals surface area contributed by atoms with E-state index in [1.807, 2.05) is 0 Å². The van der Waals surface area contributed by atoms with E-state index in [1.165, 1.54) is 11.8 Å². The van der Waals surface area contributed by atoms with Gasteiger partial charge in [0.2, 0.25) is 0 Å². The van der Waals surface area contributed by atoms with Crippen molar-refractivity contribution in [1.82, 2.24) is 9.97 Å². The molecule has 1 heterocycles. The second kappa shape index (κ2) is 2.83. The first kappa shape index (κ1) is 7.93. The fourth-order valence-corrected chi connectivity index (χ4v) is 1.14. The molecule has 1 rings (SSSR count). The molecule has 0 bridgehead atoms. The number of hydrogen-bond donors (Lipinski definition) is 3. The van der Waals surface area contributed by atoms with Crippen molar-refractivity contribution in [2.45, 2.75) is 5.03 Å². The maximum atomic E-state index is 10.7. The Hall–Kier alpha value is -1.17. The molecule has 0 unspecified atom stereocenters. The van der Waals surface area contributed by atoms with E-state index in [9.17, 15) is 4.79 Å². The van der Waals surface area contributed by atoms with Crippen LogP contribution in [0.1, 0.15) is 0 Å². The number of anilines is 2. The number of nitrogens with two attached hydrogens (primary N) is 2. The van der Waals surface area contributed by atoms with E-state index < -0.39 is 5.69 Å². The van der Waals surface area contributed by atoms with E-state index in [-0.39, 0.29) is 5.82 Å². The summed E-state index contributed by atoms with van der Waals surface area (Å²) in [7, 11) is 0. The Morgan fingerprint density at radius 3 is 2.73 bits per heavy atom. The van der Waals surface area contributed by atoms with E-state index >= 15 is 0 Å². The van der Waals surface area contributed by atoms with E-state index in [0.717, 1.165) is 0 Å². The van der Waals surface area contributed by atoms with Gasteiger partial charge in [-0.3, -0.25) is 4.98 Å². The van der Waals surface area contributed by atoms with Gasteiger partial charge < -0.3 is 11.5 Å². The van der Waals surface area contributed by atoms with E-state index in [2.05, 4.69) is 9.97 Å². The number of rotatable bonds is 1. The summed E-state index contributed by atoms with van der Waals surface area (Å²) in [6.45, 7) is 0. The molecule has 0 aliphatic rings. The molecule has 6 heteroatoms. The zero-order valence-corrected chi connectivity index (χ0v) is 6.73. The van der Waals surface area contributed by atoms with Crippen molar-refractivity contribution in [3.8, 4) is 0 Å². The molecule has 0 saturated carbocycles. The summed E-state index contributed by atoms with van der Waals surface area (Å²) in [5.74, 6) is 0.175. The first-order chi connectivity index (χ1) is 5.15. The predicted octanol–water partition coefficient (Wildman–Crippen LogP) is -0.344. The summed E-state index contributed by atoms with van der Waals surface area (Å²) >= 11 is 1.29. The van der Waals surface area contributed by atoms with Crippen molar-refractivity contribution in [3.05, 3.63) is 10.5 Å². The van der Waals surface area contributed by atoms with E-state index in [0.29, 0.717) is 10.7 Å². The molecule has 0 spiro atoms. The summed E-state index contributed by atoms with van der Waals surface area (Å²) in [4.78, 5) is 16.6. The van der Waals surface area contributed by atoms with Crippen LogP contribution >= 0.6 is 11.8 Å². The van der Waals surface area contributed by atoms with Crippen molar-refractivity contribution in [2.75, 3.05) is 17.7 Å². The Balaban J connectivity index is 3.36. The maximum Gasteiger partial charge on any atom is 0.347 e. The van der Waals surface area contributed by atoms with Gasteiger partial charge in [0.15, 0.2) is 0 Å². The van der Waals surface area contributed by atoms with E-state index in [4.69, 9.17) is 11.5 Å². The van der Waals surface area contributed by atoms with Crippen LogP contribution in [0.25, 0.3) is 0 Å². The Morgan fingerprint density at radius 2 is 2.18 bits per heavy atom. The number of H-pyrrole nitrogens is 1. The number of aromatic nitrogens is 2. The summed E-state index contributed by atoms with van der Waals surface area (Å²) < 4.78 is 0. The zero-order valence-electron chi connectivity index (χ0n) is 5.92. The molecule has 0 aliphatic heterocycles.